The molecule has 1 atom stereocenters. The smallest absolute Gasteiger partial charge is 0.249 e. The first-order valence-corrected chi connectivity index (χ1v) is 8.31. The van der Waals surface area contributed by atoms with Crippen molar-refractivity contribution in [3.8, 4) is 5.88 Å². The van der Waals surface area contributed by atoms with Gasteiger partial charge in [0.05, 0.1) is 6.61 Å². The minimum atomic E-state index is -0.490. The van der Waals surface area contributed by atoms with Crippen LogP contribution in [-0.2, 0) is 22.7 Å². The Morgan fingerprint density at radius 2 is 2.08 bits per heavy atom. The van der Waals surface area contributed by atoms with Gasteiger partial charge in [-0.15, -0.1) is 6.58 Å². The van der Waals surface area contributed by atoms with E-state index in [1.807, 2.05) is 42.5 Å². The molecule has 0 aliphatic heterocycles. The first-order valence-electron chi connectivity index (χ1n) is 8.31. The van der Waals surface area contributed by atoms with Crippen molar-refractivity contribution in [1.82, 2.24) is 10.3 Å². The van der Waals surface area contributed by atoms with E-state index in [1.165, 1.54) is 0 Å². The summed E-state index contributed by atoms with van der Waals surface area (Å²) in [5.41, 5.74) is 2.00. The third-order valence-electron chi connectivity index (χ3n) is 3.55. The van der Waals surface area contributed by atoms with Crippen LogP contribution in [0.15, 0.2) is 61.3 Å². The van der Waals surface area contributed by atoms with E-state index in [1.54, 1.807) is 19.2 Å². The molecule has 2 aromatic rings. The van der Waals surface area contributed by atoms with Crippen molar-refractivity contribution in [3.05, 3.63) is 72.4 Å². The summed E-state index contributed by atoms with van der Waals surface area (Å²) >= 11 is 0. The fourth-order valence-electron chi connectivity index (χ4n) is 2.11. The second-order valence-corrected chi connectivity index (χ2v) is 5.58. The molecule has 0 bridgehead atoms. The number of aromatic nitrogens is 1. The average molecular weight is 340 g/mol. The zero-order valence-electron chi connectivity index (χ0n) is 14.5. The van der Waals surface area contributed by atoms with Crippen LogP contribution in [0, 0.1) is 0 Å². The van der Waals surface area contributed by atoms with Gasteiger partial charge in [-0.2, -0.15) is 0 Å². The van der Waals surface area contributed by atoms with Crippen LogP contribution in [-0.4, -0.2) is 23.6 Å². The number of hydrogen-bond acceptors (Lipinski definition) is 4. The van der Waals surface area contributed by atoms with Crippen molar-refractivity contribution in [2.75, 3.05) is 6.61 Å². The number of carbonyl (C=O) groups excluding carboxylic acids is 1. The molecule has 0 saturated carbocycles. The lowest BCUT2D eigenvalue weighted by molar-refractivity contribution is -0.131. The van der Waals surface area contributed by atoms with E-state index in [0.717, 1.165) is 17.5 Å². The quantitative estimate of drug-likeness (QED) is 0.533. The van der Waals surface area contributed by atoms with Gasteiger partial charge in [0.15, 0.2) is 0 Å². The summed E-state index contributed by atoms with van der Waals surface area (Å²) in [6, 6.07) is 13.6. The van der Waals surface area contributed by atoms with Gasteiger partial charge in [-0.1, -0.05) is 36.4 Å². The van der Waals surface area contributed by atoms with E-state index >= 15 is 0 Å². The Balaban J connectivity index is 1.80. The molecule has 0 spiro atoms. The summed E-state index contributed by atoms with van der Waals surface area (Å²) in [5, 5.41) is 2.85. The van der Waals surface area contributed by atoms with Gasteiger partial charge < -0.3 is 14.8 Å². The fraction of sp³-hybridized carbons (Fsp3) is 0.300. The fourth-order valence-corrected chi connectivity index (χ4v) is 2.11. The molecule has 1 N–H and O–H groups in total. The van der Waals surface area contributed by atoms with Gasteiger partial charge in [-0.05, 0) is 30.5 Å². The third kappa shape index (κ3) is 6.77. The first kappa shape index (κ1) is 18.7. The highest BCUT2D eigenvalue weighted by atomic mass is 16.5. The van der Waals surface area contributed by atoms with Gasteiger partial charge in [0.25, 0.3) is 0 Å². The van der Waals surface area contributed by atoms with E-state index in [0.29, 0.717) is 25.6 Å². The third-order valence-corrected chi connectivity index (χ3v) is 3.55. The lowest BCUT2D eigenvalue weighted by Crippen LogP contribution is -2.34. The topological polar surface area (TPSA) is 60.5 Å². The maximum Gasteiger partial charge on any atom is 0.249 e. The Morgan fingerprint density at radius 1 is 1.28 bits per heavy atom. The Labute approximate surface area is 148 Å². The van der Waals surface area contributed by atoms with Crippen LogP contribution in [0.1, 0.15) is 24.5 Å². The van der Waals surface area contributed by atoms with Crippen LogP contribution in [0.4, 0.5) is 0 Å². The molecule has 132 valence electrons. The second-order valence-electron chi connectivity index (χ2n) is 5.58. The van der Waals surface area contributed by atoms with Crippen molar-refractivity contribution >= 4 is 5.91 Å². The molecule has 5 heteroatoms. The van der Waals surface area contributed by atoms with E-state index in [-0.39, 0.29) is 5.91 Å². The number of benzene rings is 1. The summed E-state index contributed by atoms with van der Waals surface area (Å²) in [7, 11) is 0. The minimum Gasteiger partial charge on any atom is -0.473 e. The van der Waals surface area contributed by atoms with Crippen LogP contribution in [0.2, 0.25) is 0 Å². The molecule has 2 rings (SSSR count). The van der Waals surface area contributed by atoms with Gasteiger partial charge in [-0.25, -0.2) is 4.98 Å². The normalized spacial score (nSPS) is 11.6. The first-order chi connectivity index (χ1) is 12.2. The van der Waals surface area contributed by atoms with Crippen LogP contribution < -0.4 is 10.1 Å². The summed E-state index contributed by atoms with van der Waals surface area (Å²) in [6.45, 7) is 6.71. The zero-order valence-corrected chi connectivity index (χ0v) is 14.5. The molecule has 0 aliphatic rings. The van der Waals surface area contributed by atoms with E-state index in [2.05, 4.69) is 16.9 Å². The molecule has 0 aliphatic carbocycles. The van der Waals surface area contributed by atoms with Gasteiger partial charge in [0.1, 0.15) is 12.7 Å². The van der Waals surface area contributed by atoms with Gasteiger partial charge in [-0.3, -0.25) is 4.79 Å². The highest BCUT2D eigenvalue weighted by molar-refractivity contribution is 5.80. The number of nitrogens with one attached hydrogen (secondary N) is 1. The van der Waals surface area contributed by atoms with Gasteiger partial charge in [0.2, 0.25) is 11.8 Å². The molecule has 1 aromatic heterocycles. The van der Waals surface area contributed by atoms with Gasteiger partial charge >= 0.3 is 0 Å². The minimum absolute atomic E-state index is 0.146. The van der Waals surface area contributed by atoms with Crippen molar-refractivity contribution < 1.29 is 14.3 Å². The SMILES string of the molecule is C=CCCOC(C)C(=O)NCc1ccnc(OCc2ccccc2)c1. The predicted molar refractivity (Wildman–Crippen MR) is 97.1 cm³/mol. The molecule has 1 heterocycles. The maximum atomic E-state index is 12.0. The Morgan fingerprint density at radius 3 is 2.84 bits per heavy atom. The van der Waals surface area contributed by atoms with E-state index in [9.17, 15) is 4.79 Å². The average Bonchev–Trinajstić information content (AvgIpc) is 2.65. The summed E-state index contributed by atoms with van der Waals surface area (Å²) < 4.78 is 11.1. The van der Waals surface area contributed by atoms with Gasteiger partial charge in [0, 0.05) is 18.8 Å². The maximum absolute atomic E-state index is 12.0. The molecule has 5 nitrogen and oxygen atoms in total. The lowest BCUT2D eigenvalue weighted by Gasteiger charge is -2.13. The molecule has 25 heavy (non-hydrogen) atoms. The van der Waals surface area contributed by atoms with Crippen molar-refractivity contribution in [1.29, 1.82) is 0 Å². The summed E-state index contributed by atoms with van der Waals surface area (Å²) in [6.07, 6.45) is 3.67. The second kappa shape index (κ2) is 10.3. The number of pyridine rings is 1. The van der Waals surface area contributed by atoms with Crippen LogP contribution in [0.25, 0.3) is 0 Å². The lowest BCUT2D eigenvalue weighted by atomic mass is 10.2. The number of ether oxygens (including phenoxy) is 2. The summed E-state index contributed by atoms with van der Waals surface area (Å²) in [5.74, 6) is 0.388. The number of nitrogens with zero attached hydrogens (tertiary/aromatic N) is 1. The molecule has 0 fully saturated rings. The van der Waals surface area contributed by atoms with Crippen molar-refractivity contribution in [2.24, 2.45) is 0 Å². The number of hydrogen-bond donors (Lipinski definition) is 1. The number of carbonyl (C=O) groups is 1. The highest BCUT2D eigenvalue weighted by Crippen LogP contribution is 2.12. The Bertz CT molecular complexity index is 674. The Hall–Kier alpha value is -2.66. The molecular weight excluding hydrogens is 316 g/mol. The largest absolute Gasteiger partial charge is 0.473 e. The molecule has 1 unspecified atom stereocenters. The van der Waals surface area contributed by atoms with E-state index in [4.69, 9.17) is 9.47 Å². The zero-order chi connectivity index (χ0) is 17.9. The molecule has 1 amide bonds. The van der Waals surface area contributed by atoms with Crippen LogP contribution in [0.5, 0.6) is 5.88 Å². The molecule has 0 radical (unpaired) electrons. The standard InChI is InChI=1S/C20H24N2O3/c1-3-4-12-24-16(2)20(23)22-14-18-10-11-21-19(13-18)25-15-17-8-6-5-7-9-17/h3,5-11,13,16H,1,4,12,14-15H2,2H3,(H,22,23). The molecule has 1 aromatic carbocycles. The predicted octanol–water partition coefficient (Wildman–Crippen LogP) is 3.26. The van der Waals surface area contributed by atoms with Crippen molar-refractivity contribution in [3.63, 3.8) is 0 Å². The van der Waals surface area contributed by atoms with Crippen LogP contribution in [0.3, 0.4) is 0 Å². The monoisotopic (exact) mass is 340 g/mol. The highest BCUT2D eigenvalue weighted by Gasteiger charge is 2.12. The summed E-state index contributed by atoms with van der Waals surface area (Å²) in [4.78, 5) is 16.2. The number of amides is 1. The van der Waals surface area contributed by atoms with Crippen LogP contribution >= 0.6 is 0 Å². The molecular formula is C20H24N2O3. The van der Waals surface area contributed by atoms with Crippen molar-refractivity contribution in [2.45, 2.75) is 32.6 Å². The molecule has 0 saturated heterocycles. The Kier molecular flexibility index (Phi) is 7.66. The number of rotatable bonds is 10. The van der Waals surface area contributed by atoms with E-state index < -0.39 is 6.10 Å².